The second-order valence-electron chi connectivity index (χ2n) is 3.54. The Morgan fingerprint density at radius 1 is 0.800 bits per heavy atom. The van der Waals surface area contributed by atoms with Crippen LogP contribution in [0.15, 0.2) is 57.5 Å². The molecule has 0 aliphatic heterocycles. The molecule has 0 atom stereocenters. The molecule has 2 rings (SSSR count). The summed E-state index contributed by atoms with van der Waals surface area (Å²) in [5.74, 6) is 1.22. The average Bonchev–Trinajstić information content (AvgIpc) is 2.34. The molecule has 2 aromatic rings. The summed E-state index contributed by atoms with van der Waals surface area (Å²) < 4.78 is 13.1. The van der Waals surface area contributed by atoms with Crippen molar-refractivity contribution in [2.24, 2.45) is 0 Å². The Hall–Kier alpha value is 1.00. The van der Waals surface area contributed by atoms with Gasteiger partial charge in [-0.05, 0) is 60.3 Å². The van der Waals surface area contributed by atoms with E-state index in [2.05, 4.69) is 31.9 Å². The fourth-order valence-corrected chi connectivity index (χ4v) is 3.63. The summed E-state index contributed by atoms with van der Waals surface area (Å²) in [5, 5.41) is 0. The Labute approximate surface area is 167 Å². The van der Waals surface area contributed by atoms with Crippen LogP contribution in [-0.2, 0) is 24.1 Å². The third-order valence-electron chi connectivity index (χ3n) is 2.06. The normalized spacial score (nSPS) is 10.6. The van der Waals surface area contributed by atoms with Gasteiger partial charge in [0, 0.05) is 8.95 Å². The molecule has 2 aromatic carbocycles. The van der Waals surface area contributed by atoms with Crippen molar-refractivity contribution in [3.05, 3.63) is 57.5 Å². The van der Waals surface area contributed by atoms with E-state index in [0.29, 0.717) is 11.5 Å². The summed E-state index contributed by atoms with van der Waals surface area (Å²) in [4.78, 5) is 0. The molecule has 8 heteroatoms. The van der Waals surface area contributed by atoms with Crippen molar-refractivity contribution in [2.45, 2.75) is 0 Å². The van der Waals surface area contributed by atoms with Crippen molar-refractivity contribution in [3.63, 3.8) is 0 Å². The molecule has 0 saturated carbocycles. The molecule has 20 heavy (non-hydrogen) atoms. The minimum Gasteiger partial charge on any atom is -0.665 e. The van der Waals surface area contributed by atoms with Gasteiger partial charge in [-0.25, -0.2) is 0 Å². The SMILES string of the molecule is S=P([S-])(Oc1ccc(Br)cc1)Oc1ccc(Br)cc1.[Na+]. The van der Waals surface area contributed by atoms with Crippen LogP contribution in [0, 0.1) is 0 Å². The van der Waals surface area contributed by atoms with Gasteiger partial charge in [0.25, 0.3) is 0 Å². The zero-order valence-electron chi connectivity index (χ0n) is 10.5. The molecule has 0 unspecified atom stereocenters. The first-order chi connectivity index (χ1) is 8.94. The van der Waals surface area contributed by atoms with E-state index in [9.17, 15) is 0 Å². The van der Waals surface area contributed by atoms with Gasteiger partial charge in [0.1, 0.15) is 11.5 Å². The van der Waals surface area contributed by atoms with Crippen LogP contribution in [0.5, 0.6) is 11.5 Å². The first kappa shape index (κ1) is 19.0. The summed E-state index contributed by atoms with van der Waals surface area (Å²) in [5.41, 5.74) is -2.78. The monoisotopic (exact) mass is 460 g/mol. The van der Waals surface area contributed by atoms with Crippen molar-refractivity contribution < 1.29 is 38.6 Å². The Bertz CT molecular complexity index is 556. The molecule has 0 amide bonds. The summed E-state index contributed by atoms with van der Waals surface area (Å²) >= 11 is 17.2. The zero-order chi connectivity index (χ0) is 13.9. The van der Waals surface area contributed by atoms with Gasteiger partial charge >= 0.3 is 29.6 Å². The second-order valence-corrected chi connectivity index (χ2v) is 10.2. The molecule has 0 bridgehead atoms. The van der Waals surface area contributed by atoms with Gasteiger partial charge in [-0.1, -0.05) is 31.9 Å². The van der Waals surface area contributed by atoms with Crippen LogP contribution in [0.4, 0.5) is 0 Å². The third-order valence-corrected chi connectivity index (χ3v) is 4.88. The van der Waals surface area contributed by atoms with Gasteiger partial charge in [0.2, 0.25) is 0 Å². The molecular formula is C12H8Br2NaO2PS2. The third kappa shape index (κ3) is 6.41. The fraction of sp³-hybridized carbons (Fsp3) is 0. The van der Waals surface area contributed by atoms with E-state index < -0.39 is 5.69 Å². The van der Waals surface area contributed by atoms with Crippen LogP contribution < -0.4 is 38.6 Å². The Kier molecular flexibility index (Phi) is 8.18. The zero-order valence-corrected chi connectivity index (χ0v) is 18.2. The molecule has 100 valence electrons. The maximum absolute atomic E-state index is 5.58. The predicted octanol–water partition coefficient (Wildman–Crippen LogP) is 2.44. The molecule has 0 radical (unpaired) electrons. The number of hydrogen-bond acceptors (Lipinski definition) is 4. The average molecular weight is 462 g/mol. The van der Waals surface area contributed by atoms with Crippen LogP contribution in [0.3, 0.4) is 0 Å². The molecule has 0 saturated heterocycles. The van der Waals surface area contributed by atoms with Gasteiger partial charge in [-0.2, -0.15) is 0 Å². The van der Waals surface area contributed by atoms with E-state index in [4.69, 9.17) is 33.1 Å². The number of halogens is 2. The van der Waals surface area contributed by atoms with Crippen LogP contribution in [0.25, 0.3) is 0 Å². The second kappa shape index (κ2) is 8.59. The quantitative estimate of drug-likeness (QED) is 0.395. The molecule has 0 N–H and O–H groups in total. The van der Waals surface area contributed by atoms with Crippen LogP contribution in [0.1, 0.15) is 0 Å². The van der Waals surface area contributed by atoms with Crippen molar-refractivity contribution in [1.29, 1.82) is 0 Å². The van der Waals surface area contributed by atoms with Gasteiger partial charge in [-0.3, -0.25) is 0 Å². The summed E-state index contributed by atoms with van der Waals surface area (Å²) in [6.07, 6.45) is 0. The minimum atomic E-state index is -2.78. The number of rotatable bonds is 4. The maximum atomic E-state index is 5.58. The maximum Gasteiger partial charge on any atom is 1.00 e. The Morgan fingerprint density at radius 3 is 1.40 bits per heavy atom. The topological polar surface area (TPSA) is 18.5 Å². The van der Waals surface area contributed by atoms with Crippen LogP contribution in [-0.4, -0.2) is 0 Å². The van der Waals surface area contributed by atoms with E-state index in [1.807, 2.05) is 24.3 Å². The van der Waals surface area contributed by atoms with E-state index >= 15 is 0 Å². The molecule has 0 aromatic heterocycles. The molecule has 0 aliphatic carbocycles. The van der Waals surface area contributed by atoms with Crippen molar-refractivity contribution in [2.75, 3.05) is 0 Å². The summed E-state index contributed by atoms with van der Waals surface area (Å²) in [7, 11) is 0. The molecular weight excluding hydrogens is 454 g/mol. The summed E-state index contributed by atoms with van der Waals surface area (Å²) in [6.45, 7) is 0. The van der Waals surface area contributed by atoms with Crippen LogP contribution >= 0.6 is 37.6 Å². The Balaban J connectivity index is 0.00000200. The molecule has 2 nitrogen and oxygen atoms in total. The smallest absolute Gasteiger partial charge is 0.665 e. The van der Waals surface area contributed by atoms with Crippen molar-refractivity contribution in [3.8, 4) is 11.5 Å². The fourth-order valence-electron chi connectivity index (χ4n) is 1.27. The van der Waals surface area contributed by atoms with Gasteiger partial charge in [0.15, 0.2) is 5.69 Å². The van der Waals surface area contributed by atoms with E-state index in [1.54, 1.807) is 24.3 Å². The van der Waals surface area contributed by atoms with E-state index in [-0.39, 0.29) is 29.6 Å². The first-order valence-corrected chi connectivity index (χ1v) is 10.4. The number of hydrogen-bond donors (Lipinski definition) is 0. The van der Waals surface area contributed by atoms with E-state index in [1.165, 1.54) is 0 Å². The van der Waals surface area contributed by atoms with Gasteiger partial charge in [-0.15, -0.1) is 0 Å². The molecule has 0 heterocycles. The largest absolute Gasteiger partial charge is 1.00 e. The van der Waals surface area contributed by atoms with Gasteiger partial charge in [0.05, 0.1) is 0 Å². The standard InChI is InChI=1S/C12H9Br2O2PS2.Na/c13-9-1-5-11(6-2-9)15-17(18,19)16-12-7-3-10(14)4-8-12;/h1-8H,(H,18,19);/q;+1/p-1. The van der Waals surface area contributed by atoms with Crippen molar-refractivity contribution >= 4 is 61.6 Å². The van der Waals surface area contributed by atoms with Gasteiger partial charge < -0.3 is 21.3 Å². The predicted molar refractivity (Wildman–Crippen MR) is 91.2 cm³/mol. The van der Waals surface area contributed by atoms with Crippen molar-refractivity contribution in [1.82, 2.24) is 0 Å². The van der Waals surface area contributed by atoms with E-state index in [0.717, 1.165) is 8.95 Å². The van der Waals surface area contributed by atoms with Crippen LogP contribution in [0.2, 0.25) is 0 Å². The number of benzene rings is 2. The first-order valence-electron chi connectivity index (χ1n) is 5.16. The minimum absolute atomic E-state index is 0. The molecule has 0 fully saturated rings. The molecule has 0 aliphatic rings. The Morgan fingerprint density at radius 2 is 1.10 bits per heavy atom. The summed E-state index contributed by atoms with van der Waals surface area (Å²) in [6, 6.07) is 14.6. The molecule has 0 spiro atoms.